The Bertz CT molecular complexity index is 1090. The lowest BCUT2D eigenvalue weighted by molar-refractivity contribution is -0.122. The van der Waals surface area contributed by atoms with Crippen LogP contribution in [0.2, 0.25) is 0 Å². The van der Waals surface area contributed by atoms with Crippen molar-refractivity contribution in [2.24, 2.45) is 0 Å². The molecule has 8 heteroatoms. The van der Waals surface area contributed by atoms with Crippen LogP contribution in [-0.2, 0) is 4.79 Å². The molecule has 0 saturated carbocycles. The number of nitrogens with zero attached hydrogens (tertiary/aromatic N) is 3. The lowest BCUT2D eigenvalue weighted by Gasteiger charge is -2.14. The molecule has 0 aromatic carbocycles. The molecule has 3 heterocycles. The van der Waals surface area contributed by atoms with Crippen LogP contribution in [0.4, 0.5) is 5.82 Å². The second kappa shape index (κ2) is 10.7. The Morgan fingerprint density at radius 3 is 2.74 bits per heavy atom. The predicted molar refractivity (Wildman–Crippen MR) is 134 cm³/mol. The zero-order valence-electron chi connectivity index (χ0n) is 18.0. The van der Waals surface area contributed by atoms with Gasteiger partial charge < -0.3 is 5.32 Å². The normalized spacial score (nSPS) is 15.3. The molecule has 0 bridgehead atoms. The third-order valence-electron chi connectivity index (χ3n) is 5.05. The van der Waals surface area contributed by atoms with Crippen molar-refractivity contribution in [3.8, 4) is 0 Å². The number of rotatable bonds is 10. The van der Waals surface area contributed by atoms with Crippen LogP contribution in [0.15, 0.2) is 40.7 Å². The molecule has 6 nitrogen and oxygen atoms in total. The Morgan fingerprint density at radius 2 is 2.00 bits per heavy atom. The van der Waals surface area contributed by atoms with Gasteiger partial charge in [-0.1, -0.05) is 68.7 Å². The molecule has 2 aromatic rings. The Morgan fingerprint density at radius 1 is 1.23 bits per heavy atom. The summed E-state index contributed by atoms with van der Waals surface area (Å²) in [5.74, 6) is 0.285. The van der Waals surface area contributed by atoms with Gasteiger partial charge in [-0.15, -0.1) is 6.58 Å². The Labute approximate surface area is 192 Å². The number of fused-ring (bicyclic) bond motifs is 1. The van der Waals surface area contributed by atoms with Gasteiger partial charge in [-0.25, -0.2) is 4.98 Å². The van der Waals surface area contributed by atoms with E-state index in [0.717, 1.165) is 18.4 Å². The molecule has 0 unspecified atom stereocenters. The first-order chi connectivity index (χ1) is 15.0. The summed E-state index contributed by atoms with van der Waals surface area (Å²) in [5, 5.41) is 3.12. The number of pyridine rings is 1. The van der Waals surface area contributed by atoms with Crippen LogP contribution in [-0.4, -0.2) is 37.6 Å². The van der Waals surface area contributed by atoms with Gasteiger partial charge in [0, 0.05) is 19.3 Å². The van der Waals surface area contributed by atoms with E-state index in [1.807, 2.05) is 13.0 Å². The van der Waals surface area contributed by atoms with Crippen molar-refractivity contribution in [2.75, 3.05) is 18.4 Å². The first-order valence-corrected chi connectivity index (χ1v) is 11.8. The van der Waals surface area contributed by atoms with E-state index in [2.05, 4.69) is 23.8 Å². The quantitative estimate of drug-likeness (QED) is 0.240. The Hall–Kier alpha value is -2.45. The van der Waals surface area contributed by atoms with Gasteiger partial charge in [0.15, 0.2) is 0 Å². The molecular formula is C23H28N4O2S2. The van der Waals surface area contributed by atoms with Gasteiger partial charge in [-0.2, -0.15) is 0 Å². The average Bonchev–Trinajstić information content (AvgIpc) is 3.02. The first kappa shape index (κ1) is 23.2. The van der Waals surface area contributed by atoms with Gasteiger partial charge >= 0.3 is 0 Å². The van der Waals surface area contributed by atoms with Crippen molar-refractivity contribution in [3.63, 3.8) is 0 Å². The summed E-state index contributed by atoms with van der Waals surface area (Å²) < 4.78 is 2.05. The van der Waals surface area contributed by atoms with E-state index in [0.29, 0.717) is 39.3 Å². The van der Waals surface area contributed by atoms with Gasteiger partial charge in [0.05, 0.1) is 10.5 Å². The van der Waals surface area contributed by atoms with Gasteiger partial charge in [0.1, 0.15) is 15.8 Å². The van der Waals surface area contributed by atoms with E-state index >= 15 is 0 Å². The molecule has 0 radical (unpaired) electrons. The largest absolute Gasteiger partial charge is 0.366 e. The van der Waals surface area contributed by atoms with E-state index in [1.165, 1.54) is 35.4 Å². The van der Waals surface area contributed by atoms with Crippen molar-refractivity contribution in [2.45, 2.75) is 46.0 Å². The summed E-state index contributed by atoms with van der Waals surface area (Å²) in [6.07, 6.45) is 10.6. The third-order valence-corrected chi connectivity index (χ3v) is 6.43. The lowest BCUT2D eigenvalue weighted by atomic mass is 10.1. The highest BCUT2D eigenvalue weighted by molar-refractivity contribution is 8.26. The fourth-order valence-electron chi connectivity index (χ4n) is 3.39. The van der Waals surface area contributed by atoms with Crippen molar-refractivity contribution < 1.29 is 4.79 Å². The summed E-state index contributed by atoms with van der Waals surface area (Å²) >= 11 is 6.68. The van der Waals surface area contributed by atoms with Gasteiger partial charge in [0.25, 0.3) is 11.5 Å². The minimum Gasteiger partial charge on any atom is -0.366 e. The van der Waals surface area contributed by atoms with Crippen molar-refractivity contribution >= 4 is 51.7 Å². The maximum Gasteiger partial charge on any atom is 0.267 e. The topological polar surface area (TPSA) is 66.7 Å². The zero-order valence-corrected chi connectivity index (χ0v) is 19.7. The van der Waals surface area contributed by atoms with Crippen LogP contribution in [0, 0.1) is 6.92 Å². The second-order valence-electron chi connectivity index (χ2n) is 7.53. The smallest absolute Gasteiger partial charge is 0.267 e. The van der Waals surface area contributed by atoms with E-state index in [1.54, 1.807) is 29.3 Å². The summed E-state index contributed by atoms with van der Waals surface area (Å²) in [6.45, 7) is 8.87. The summed E-state index contributed by atoms with van der Waals surface area (Å²) in [5.41, 5.74) is 1.60. The number of thiocarbonyl (C=S) groups is 1. The number of amides is 1. The molecular weight excluding hydrogens is 428 g/mol. The standard InChI is InChI=1S/C23H28N4O2S2/c1-4-6-7-8-9-13-26-22(29)18(31-23(26)30)14-17-20(24-12-5-2)25-19-11-10-16(3)15-27(19)21(17)28/h5,10-11,14-15,24H,2,4,6-9,12-13H2,1,3H3/b18-14-. The molecule has 1 N–H and O–H groups in total. The van der Waals surface area contributed by atoms with Crippen LogP contribution in [0.1, 0.15) is 50.2 Å². The molecule has 0 aliphatic carbocycles. The van der Waals surface area contributed by atoms with E-state index < -0.39 is 0 Å². The van der Waals surface area contributed by atoms with Gasteiger partial charge in [-0.3, -0.25) is 18.9 Å². The second-order valence-corrected chi connectivity index (χ2v) is 9.21. The minimum absolute atomic E-state index is 0.145. The highest BCUT2D eigenvalue weighted by atomic mass is 32.2. The molecule has 0 spiro atoms. The third kappa shape index (κ3) is 5.43. The minimum atomic E-state index is -0.231. The van der Waals surface area contributed by atoms with Crippen molar-refractivity contribution in [1.82, 2.24) is 14.3 Å². The number of hydrogen-bond acceptors (Lipinski definition) is 6. The number of hydrogen-bond donors (Lipinski definition) is 1. The number of thioether (sulfide) groups is 1. The summed E-state index contributed by atoms with van der Waals surface area (Å²) in [4.78, 5) is 32.9. The van der Waals surface area contributed by atoms with Crippen LogP contribution < -0.4 is 10.9 Å². The van der Waals surface area contributed by atoms with Crippen molar-refractivity contribution in [3.05, 3.63) is 57.4 Å². The molecule has 164 valence electrons. The van der Waals surface area contributed by atoms with E-state index in [4.69, 9.17) is 12.2 Å². The highest BCUT2D eigenvalue weighted by Gasteiger charge is 2.32. The molecule has 1 amide bonds. The van der Waals surface area contributed by atoms with Crippen LogP contribution in [0.25, 0.3) is 11.7 Å². The predicted octanol–water partition coefficient (Wildman–Crippen LogP) is 4.77. The number of aromatic nitrogens is 2. The average molecular weight is 457 g/mol. The molecule has 2 aromatic heterocycles. The number of anilines is 1. The number of aryl methyl sites for hydroxylation is 1. The van der Waals surface area contributed by atoms with Crippen LogP contribution in [0.5, 0.6) is 0 Å². The molecule has 1 aliphatic heterocycles. The van der Waals surface area contributed by atoms with Gasteiger partial charge in [0.2, 0.25) is 0 Å². The zero-order chi connectivity index (χ0) is 22.4. The maximum atomic E-state index is 13.2. The lowest BCUT2D eigenvalue weighted by Crippen LogP contribution is -2.29. The molecule has 1 fully saturated rings. The first-order valence-electron chi connectivity index (χ1n) is 10.6. The number of nitrogens with one attached hydrogen (secondary N) is 1. The SMILES string of the molecule is C=CCNc1nc2ccc(C)cn2c(=O)c1/C=C1\SC(=S)N(CCCCCCC)C1=O. The molecule has 31 heavy (non-hydrogen) atoms. The fraction of sp³-hybridized carbons (Fsp3) is 0.391. The van der Waals surface area contributed by atoms with Gasteiger partial charge in [-0.05, 0) is 31.1 Å². The maximum absolute atomic E-state index is 13.2. The van der Waals surface area contributed by atoms with E-state index in [9.17, 15) is 9.59 Å². The van der Waals surface area contributed by atoms with Crippen molar-refractivity contribution in [1.29, 1.82) is 0 Å². The Kier molecular flexibility index (Phi) is 8.03. The Balaban J connectivity index is 1.92. The van der Waals surface area contributed by atoms with E-state index in [-0.39, 0.29) is 11.5 Å². The number of unbranched alkanes of at least 4 members (excludes halogenated alkanes) is 4. The molecule has 0 atom stereocenters. The monoisotopic (exact) mass is 456 g/mol. The number of carbonyl (C=O) groups excluding carboxylic acids is 1. The summed E-state index contributed by atoms with van der Waals surface area (Å²) in [7, 11) is 0. The molecule has 1 saturated heterocycles. The molecule has 1 aliphatic rings. The van der Waals surface area contributed by atoms with Crippen LogP contribution >= 0.6 is 24.0 Å². The number of carbonyl (C=O) groups is 1. The molecule has 3 rings (SSSR count). The fourth-order valence-corrected chi connectivity index (χ4v) is 4.68. The summed E-state index contributed by atoms with van der Waals surface area (Å²) in [6, 6.07) is 3.71. The highest BCUT2D eigenvalue weighted by Crippen LogP contribution is 2.33. The van der Waals surface area contributed by atoms with Crippen LogP contribution in [0.3, 0.4) is 0 Å².